The van der Waals surface area contributed by atoms with Gasteiger partial charge < -0.3 is 5.73 Å². The van der Waals surface area contributed by atoms with Gasteiger partial charge in [0.25, 0.3) is 0 Å². The highest BCUT2D eigenvalue weighted by molar-refractivity contribution is 7.13. The standard InChI is InChI=1S/C15H23N3S/c1-4-6-8-11(5-2)14-13(12-9-7-10-19-12)15(16)18(3)17-14/h7,9-11H,4-6,8,16H2,1-3H3. The Hall–Kier alpha value is -1.29. The lowest BCUT2D eigenvalue weighted by Crippen LogP contribution is -2.01. The number of unbranched alkanes of at least 4 members (excludes halogenated alkanes) is 1. The van der Waals surface area contributed by atoms with Crippen LogP contribution in [-0.2, 0) is 7.05 Å². The van der Waals surface area contributed by atoms with Crippen molar-refractivity contribution in [3.05, 3.63) is 23.2 Å². The Morgan fingerprint density at radius 2 is 2.21 bits per heavy atom. The van der Waals surface area contributed by atoms with Crippen LogP contribution in [0.1, 0.15) is 51.1 Å². The van der Waals surface area contributed by atoms with Gasteiger partial charge in [-0.2, -0.15) is 5.10 Å². The van der Waals surface area contributed by atoms with E-state index in [1.54, 1.807) is 11.3 Å². The molecule has 0 bridgehead atoms. The molecular formula is C15H23N3S. The number of anilines is 1. The van der Waals surface area contributed by atoms with Crippen LogP contribution in [0.25, 0.3) is 10.4 Å². The number of hydrogen-bond acceptors (Lipinski definition) is 3. The maximum absolute atomic E-state index is 6.22. The molecule has 104 valence electrons. The van der Waals surface area contributed by atoms with Gasteiger partial charge in [-0.1, -0.05) is 32.8 Å². The Balaban J connectivity index is 2.42. The Labute approximate surface area is 119 Å². The highest BCUT2D eigenvalue weighted by Gasteiger charge is 2.22. The molecule has 2 heterocycles. The fourth-order valence-corrected chi connectivity index (χ4v) is 3.29. The Kier molecular flexibility index (Phi) is 4.64. The van der Waals surface area contributed by atoms with Crippen LogP contribution >= 0.6 is 11.3 Å². The van der Waals surface area contributed by atoms with Crippen molar-refractivity contribution >= 4 is 17.2 Å². The number of hydrogen-bond donors (Lipinski definition) is 1. The Bertz CT molecular complexity index is 514. The number of nitrogens with two attached hydrogens (primary N) is 1. The first-order valence-electron chi connectivity index (χ1n) is 7.05. The largest absolute Gasteiger partial charge is 0.383 e. The second kappa shape index (κ2) is 6.24. The van der Waals surface area contributed by atoms with Crippen molar-refractivity contribution in [1.82, 2.24) is 9.78 Å². The van der Waals surface area contributed by atoms with Crippen molar-refractivity contribution in [3.63, 3.8) is 0 Å². The van der Waals surface area contributed by atoms with Crippen LogP contribution in [-0.4, -0.2) is 9.78 Å². The summed E-state index contributed by atoms with van der Waals surface area (Å²) in [6.45, 7) is 4.48. The van der Waals surface area contributed by atoms with Crippen LogP contribution in [0.4, 0.5) is 5.82 Å². The van der Waals surface area contributed by atoms with Crippen molar-refractivity contribution in [2.24, 2.45) is 7.05 Å². The number of rotatable bonds is 6. The van der Waals surface area contributed by atoms with Gasteiger partial charge in [-0.15, -0.1) is 11.3 Å². The summed E-state index contributed by atoms with van der Waals surface area (Å²) in [5.41, 5.74) is 8.56. The molecule has 4 heteroatoms. The van der Waals surface area contributed by atoms with E-state index in [-0.39, 0.29) is 0 Å². The van der Waals surface area contributed by atoms with Crippen molar-refractivity contribution in [3.8, 4) is 10.4 Å². The number of nitrogens with zero attached hydrogens (tertiary/aromatic N) is 2. The lowest BCUT2D eigenvalue weighted by atomic mass is 9.93. The van der Waals surface area contributed by atoms with Gasteiger partial charge in [0, 0.05) is 17.8 Å². The van der Waals surface area contributed by atoms with E-state index in [4.69, 9.17) is 5.73 Å². The van der Waals surface area contributed by atoms with Gasteiger partial charge in [-0.3, -0.25) is 4.68 Å². The van der Waals surface area contributed by atoms with E-state index in [0.29, 0.717) is 5.92 Å². The summed E-state index contributed by atoms with van der Waals surface area (Å²) in [6, 6.07) is 4.21. The lowest BCUT2D eigenvalue weighted by Gasteiger charge is -2.13. The van der Waals surface area contributed by atoms with E-state index in [2.05, 4.69) is 36.5 Å². The van der Waals surface area contributed by atoms with E-state index in [1.165, 1.54) is 29.8 Å². The quantitative estimate of drug-likeness (QED) is 0.849. The highest BCUT2D eigenvalue weighted by atomic mass is 32.1. The SMILES string of the molecule is CCCCC(CC)c1nn(C)c(N)c1-c1cccs1. The molecule has 0 fully saturated rings. The smallest absolute Gasteiger partial charge is 0.130 e. The molecule has 0 aliphatic rings. The van der Waals surface area contributed by atoms with Gasteiger partial charge in [-0.25, -0.2) is 0 Å². The summed E-state index contributed by atoms with van der Waals surface area (Å²) in [4.78, 5) is 1.23. The van der Waals surface area contributed by atoms with E-state index in [1.807, 2.05) is 11.7 Å². The van der Waals surface area contributed by atoms with Crippen molar-refractivity contribution in [2.45, 2.75) is 45.4 Å². The number of thiophene rings is 1. The third-order valence-corrected chi connectivity index (χ3v) is 4.56. The summed E-state index contributed by atoms with van der Waals surface area (Å²) >= 11 is 1.74. The zero-order valence-electron chi connectivity index (χ0n) is 12.0. The molecule has 2 rings (SSSR count). The molecular weight excluding hydrogens is 254 g/mol. The summed E-state index contributed by atoms with van der Waals surface area (Å²) in [6.07, 6.45) is 4.79. The third-order valence-electron chi connectivity index (χ3n) is 3.67. The first-order chi connectivity index (χ1) is 9.19. The first-order valence-corrected chi connectivity index (χ1v) is 7.93. The van der Waals surface area contributed by atoms with Gasteiger partial charge >= 0.3 is 0 Å². The van der Waals surface area contributed by atoms with Crippen molar-refractivity contribution in [2.75, 3.05) is 5.73 Å². The fourth-order valence-electron chi connectivity index (χ4n) is 2.50. The molecule has 1 atom stereocenters. The highest BCUT2D eigenvalue weighted by Crippen LogP contribution is 2.38. The van der Waals surface area contributed by atoms with Crippen molar-refractivity contribution < 1.29 is 0 Å². The second-order valence-electron chi connectivity index (χ2n) is 4.99. The van der Waals surface area contributed by atoms with Crippen LogP contribution < -0.4 is 5.73 Å². The maximum Gasteiger partial charge on any atom is 0.130 e. The Morgan fingerprint density at radius 1 is 1.42 bits per heavy atom. The maximum atomic E-state index is 6.22. The molecule has 1 unspecified atom stereocenters. The van der Waals surface area contributed by atoms with E-state index < -0.39 is 0 Å². The minimum atomic E-state index is 0.514. The molecule has 0 aromatic carbocycles. The predicted molar refractivity (Wildman–Crippen MR) is 83.5 cm³/mol. The normalized spacial score (nSPS) is 12.8. The summed E-state index contributed by atoms with van der Waals surface area (Å²) in [7, 11) is 1.93. The monoisotopic (exact) mass is 277 g/mol. The molecule has 0 saturated carbocycles. The third kappa shape index (κ3) is 2.84. The van der Waals surface area contributed by atoms with Crippen LogP contribution in [0.5, 0.6) is 0 Å². The van der Waals surface area contributed by atoms with Crippen LogP contribution in [0.2, 0.25) is 0 Å². The summed E-state index contributed by atoms with van der Waals surface area (Å²) < 4.78 is 1.82. The lowest BCUT2D eigenvalue weighted by molar-refractivity contribution is 0.549. The molecule has 0 spiro atoms. The zero-order chi connectivity index (χ0) is 13.8. The average molecular weight is 277 g/mol. The molecule has 19 heavy (non-hydrogen) atoms. The van der Waals surface area contributed by atoms with E-state index >= 15 is 0 Å². The number of nitrogen functional groups attached to an aromatic ring is 1. The minimum Gasteiger partial charge on any atom is -0.383 e. The molecule has 0 aliphatic heterocycles. The average Bonchev–Trinajstić information content (AvgIpc) is 3.01. The molecule has 0 saturated heterocycles. The molecule has 0 radical (unpaired) electrons. The van der Waals surface area contributed by atoms with E-state index in [9.17, 15) is 0 Å². The molecule has 2 aromatic heterocycles. The van der Waals surface area contributed by atoms with Crippen LogP contribution in [0, 0.1) is 0 Å². The first kappa shape index (κ1) is 14.1. The Morgan fingerprint density at radius 3 is 2.79 bits per heavy atom. The van der Waals surface area contributed by atoms with Gasteiger partial charge in [0.1, 0.15) is 5.82 Å². The topological polar surface area (TPSA) is 43.8 Å². The number of aryl methyl sites for hydroxylation is 1. The molecule has 3 nitrogen and oxygen atoms in total. The van der Waals surface area contributed by atoms with Crippen molar-refractivity contribution in [1.29, 1.82) is 0 Å². The summed E-state index contributed by atoms with van der Waals surface area (Å²) in [5.74, 6) is 1.30. The molecule has 2 aromatic rings. The second-order valence-corrected chi connectivity index (χ2v) is 5.94. The van der Waals surface area contributed by atoms with Gasteiger partial charge in [0.2, 0.25) is 0 Å². The molecule has 0 aliphatic carbocycles. The van der Waals surface area contributed by atoms with Crippen LogP contribution in [0.15, 0.2) is 17.5 Å². The predicted octanol–water partition coefficient (Wildman–Crippen LogP) is 4.41. The zero-order valence-corrected chi connectivity index (χ0v) is 12.8. The summed E-state index contributed by atoms with van der Waals surface area (Å²) in [5, 5.41) is 6.78. The van der Waals surface area contributed by atoms with E-state index in [0.717, 1.165) is 17.8 Å². The molecule has 0 amide bonds. The molecule has 2 N–H and O–H groups in total. The van der Waals surface area contributed by atoms with Gasteiger partial charge in [0.05, 0.1) is 11.3 Å². The fraction of sp³-hybridized carbons (Fsp3) is 0.533. The van der Waals surface area contributed by atoms with Gasteiger partial charge in [0.15, 0.2) is 0 Å². The minimum absolute atomic E-state index is 0.514. The van der Waals surface area contributed by atoms with Crippen LogP contribution in [0.3, 0.4) is 0 Å². The van der Waals surface area contributed by atoms with Gasteiger partial charge in [-0.05, 0) is 24.3 Å². The number of aromatic nitrogens is 2.